The Bertz CT molecular complexity index is 878. The second-order valence-electron chi connectivity index (χ2n) is 5.48. The van der Waals surface area contributed by atoms with Crippen LogP contribution in [-0.4, -0.2) is 34.0 Å². The fraction of sp³-hybridized carbons (Fsp3) is 0.312. The highest BCUT2D eigenvalue weighted by atomic mass is 19.4. The van der Waals surface area contributed by atoms with E-state index < -0.39 is 12.8 Å². The maximum absolute atomic E-state index is 12.3. The molecule has 0 spiro atoms. The van der Waals surface area contributed by atoms with Crippen molar-refractivity contribution in [2.45, 2.75) is 26.1 Å². The molecule has 2 aromatic heterocycles. The Morgan fingerprint density at radius 3 is 2.68 bits per heavy atom. The summed E-state index contributed by atoms with van der Waals surface area (Å²) in [4.78, 5) is 8.08. The molecule has 0 saturated heterocycles. The number of nitrogens with zero attached hydrogens (tertiary/aromatic N) is 3. The summed E-state index contributed by atoms with van der Waals surface area (Å²) in [6.07, 6.45) is -1.69. The van der Waals surface area contributed by atoms with Gasteiger partial charge in [0.2, 0.25) is 5.88 Å². The van der Waals surface area contributed by atoms with Crippen LogP contribution in [0.4, 0.5) is 13.2 Å². The van der Waals surface area contributed by atoms with E-state index in [2.05, 4.69) is 15.1 Å². The van der Waals surface area contributed by atoms with Crippen LogP contribution in [0.15, 0.2) is 35.2 Å². The molecule has 132 valence electrons. The molecular weight excluding hydrogens is 339 g/mol. The predicted molar refractivity (Wildman–Crippen MR) is 82.3 cm³/mol. The first-order valence-corrected chi connectivity index (χ1v) is 7.40. The number of para-hydroxylation sites is 1. The normalized spacial score (nSPS) is 11.9. The Morgan fingerprint density at radius 2 is 1.96 bits per heavy atom. The third kappa shape index (κ3) is 3.81. The van der Waals surface area contributed by atoms with Crippen LogP contribution in [-0.2, 0) is 0 Å². The van der Waals surface area contributed by atoms with Gasteiger partial charge in [-0.1, -0.05) is 12.1 Å². The quantitative estimate of drug-likeness (QED) is 0.690. The summed E-state index contributed by atoms with van der Waals surface area (Å²) in [5.74, 6) is 0.115. The van der Waals surface area contributed by atoms with Gasteiger partial charge in [-0.2, -0.15) is 13.2 Å². The average Bonchev–Trinajstić information content (AvgIpc) is 2.95. The van der Waals surface area contributed by atoms with Crippen molar-refractivity contribution >= 4 is 11.0 Å². The zero-order valence-electron chi connectivity index (χ0n) is 13.4. The minimum absolute atomic E-state index is 0.117. The average molecular weight is 353 g/mol. The fourth-order valence-electron chi connectivity index (χ4n) is 2.23. The van der Waals surface area contributed by atoms with Crippen molar-refractivity contribution in [2.75, 3.05) is 6.61 Å². The van der Waals surface area contributed by atoms with Crippen molar-refractivity contribution in [1.29, 1.82) is 0 Å². The Morgan fingerprint density at radius 1 is 1.16 bits per heavy atom. The first-order valence-electron chi connectivity index (χ1n) is 7.40. The monoisotopic (exact) mass is 353 g/mol. The van der Waals surface area contributed by atoms with Crippen LogP contribution in [0.2, 0.25) is 0 Å². The van der Waals surface area contributed by atoms with Gasteiger partial charge in [0.25, 0.3) is 5.88 Å². The lowest BCUT2D eigenvalue weighted by Gasteiger charge is -2.12. The second-order valence-corrected chi connectivity index (χ2v) is 5.48. The standard InChI is InChI=1S/C16H14F3N3O3/c1-9(2)24-14-12(6-20-8-21-14)10-4-3-5-11-13(10)25-22-15(11)23-7-16(17,18)19/h3-6,8-9H,7H2,1-2H3. The van der Waals surface area contributed by atoms with Crippen molar-refractivity contribution in [2.24, 2.45) is 0 Å². The van der Waals surface area contributed by atoms with Gasteiger partial charge in [0, 0.05) is 11.8 Å². The van der Waals surface area contributed by atoms with Gasteiger partial charge in [0.15, 0.2) is 12.2 Å². The number of alkyl halides is 3. The van der Waals surface area contributed by atoms with E-state index in [-0.39, 0.29) is 17.6 Å². The third-order valence-electron chi connectivity index (χ3n) is 3.15. The van der Waals surface area contributed by atoms with Crippen molar-refractivity contribution in [3.05, 3.63) is 30.7 Å². The van der Waals surface area contributed by atoms with Crippen LogP contribution in [0.5, 0.6) is 11.8 Å². The lowest BCUT2D eigenvalue weighted by Crippen LogP contribution is -2.19. The van der Waals surface area contributed by atoms with Gasteiger partial charge < -0.3 is 14.0 Å². The summed E-state index contributed by atoms with van der Waals surface area (Å²) in [6, 6.07) is 4.93. The van der Waals surface area contributed by atoms with Crippen molar-refractivity contribution in [3.8, 4) is 22.9 Å². The highest BCUT2D eigenvalue weighted by molar-refractivity contribution is 5.95. The SMILES string of the molecule is CC(C)Oc1ncncc1-c1cccc2c(OCC(F)(F)F)noc12. The maximum Gasteiger partial charge on any atom is 0.422 e. The van der Waals surface area contributed by atoms with E-state index in [4.69, 9.17) is 14.0 Å². The minimum Gasteiger partial charge on any atom is -0.474 e. The molecule has 0 unspecified atom stereocenters. The summed E-state index contributed by atoms with van der Waals surface area (Å²) in [6.45, 7) is 2.25. The molecule has 25 heavy (non-hydrogen) atoms. The van der Waals surface area contributed by atoms with Crippen LogP contribution in [0.1, 0.15) is 13.8 Å². The lowest BCUT2D eigenvalue weighted by atomic mass is 10.1. The summed E-state index contributed by atoms with van der Waals surface area (Å²) >= 11 is 0. The van der Waals surface area contributed by atoms with Gasteiger partial charge in [-0.3, -0.25) is 0 Å². The van der Waals surface area contributed by atoms with Crippen LogP contribution in [0, 0.1) is 0 Å². The Labute approximate surface area is 140 Å². The van der Waals surface area contributed by atoms with Gasteiger partial charge in [0.05, 0.1) is 17.1 Å². The number of fused-ring (bicyclic) bond motifs is 1. The zero-order valence-corrected chi connectivity index (χ0v) is 13.4. The number of hydrogen-bond acceptors (Lipinski definition) is 6. The highest BCUT2D eigenvalue weighted by Crippen LogP contribution is 2.37. The van der Waals surface area contributed by atoms with Gasteiger partial charge >= 0.3 is 6.18 Å². The molecule has 0 radical (unpaired) electrons. The fourth-order valence-corrected chi connectivity index (χ4v) is 2.23. The van der Waals surface area contributed by atoms with Gasteiger partial charge in [0.1, 0.15) is 6.33 Å². The predicted octanol–water partition coefficient (Wildman–Crippen LogP) is 4.01. The van der Waals surface area contributed by atoms with Crippen molar-refractivity contribution < 1.29 is 27.2 Å². The largest absolute Gasteiger partial charge is 0.474 e. The van der Waals surface area contributed by atoms with Crippen LogP contribution in [0.25, 0.3) is 22.1 Å². The van der Waals surface area contributed by atoms with E-state index in [0.29, 0.717) is 22.4 Å². The maximum atomic E-state index is 12.3. The van der Waals surface area contributed by atoms with Crippen LogP contribution in [0.3, 0.4) is 0 Å². The van der Waals surface area contributed by atoms with E-state index in [9.17, 15) is 13.2 Å². The summed E-state index contributed by atoms with van der Waals surface area (Å²) in [5.41, 5.74) is 1.35. The van der Waals surface area contributed by atoms with E-state index in [0.717, 1.165) is 0 Å². The zero-order chi connectivity index (χ0) is 18.0. The minimum atomic E-state index is -4.46. The summed E-state index contributed by atoms with van der Waals surface area (Å²) in [7, 11) is 0. The van der Waals surface area contributed by atoms with Gasteiger partial charge in [-0.25, -0.2) is 9.97 Å². The molecule has 1 aromatic carbocycles. The van der Waals surface area contributed by atoms with Gasteiger partial charge in [-0.05, 0) is 25.1 Å². The molecule has 0 saturated carbocycles. The molecular formula is C16H14F3N3O3. The number of ether oxygens (including phenoxy) is 2. The smallest absolute Gasteiger partial charge is 0.422 e. The number of aromatic nitrogens is 3. The molecule has 9 heteroatoms. The Kier molecular flexibility index (Phi) is 4.47. The lowest BCUT2D eigenvalue weighted by molar-refractivity contribution is -0.154. The first kappa shape index (κ1) is 17.0. The molecule has 0 bridgehead atoms. The molecule has 0 atom stereocenters. The number of hydrogen-bond donors (Lipinski definition) is 0. The number of halogens is 3. The van der Waals surface area contributed by atoms with E-state index in [1.54, 1.807) is 18.2 Å². The molecule has 0 aliphatic heterocycles. The number of benzene rings is 1. The molecule has 0 amide bonds. The van der Waals surface area contributed by atoms with Crippen LogP contribution < -0.4 is 9.47 Å². The second kappa shape index (κ2) is 6.58. The molecule has 0 aliphatic carbocycles. The molecule has 2 heterocycles. The van der Waals surface area contributed by atoms with Crippen LogP contribution >= 0.6 is 0 Å². The Balaban J connectivity index is 2.03. The van der Waals surface area contributed by atoms with E-state index >= 15 is 0 Å². The Hall–Kier alpha value is -2.84. The van der Waals surface area contributed by atoms with E-state index in [1.165, 1.54) is 12.5 Å². The summed E-state index contributed by atoms with van der Waals surface area (Å²) < 4.78 is 52.6. The van der Waals surface area contributed by atoms with Gasteiger partial charge in [-0.15, -0.1) is 0 Å². The molecule has 0 aliphatic rings. The van der Waals surface area contributed by atoms with E-state index in [1.807, 2.05) is 13.8 Å². The molecule has 0 N–H and O–H groups in total. The molecule has 3 aromatic rings. The molecule has 3 rings (SSSR count). The third-order valence-corrected chi connectivity index (χ3v) is 3.15. The highest BCUT2D eigenvalue weighted by Gasteiger charge is 2.29. The van der Waals surface area contributed by atoms with Crippen molar-refractivity contribution in [1.82, 2.24) is 15.1 Å². The summed E-state index contributed by atoms with van der Waals surface area (Å²) in [5, 5.41) is 3.92. The molecule has 0 fully saturated rings. The van der Waals surface area contributed by atoms with Crippen molar-refractivity contribution in [3.63, 3.8) is 0 Å². The molecule has 6 nitrogen and oxygen atoms in total. The first-order chi connectivity index (χ1) is 11.8. The number of rotatable bonds is 5. The topological polar surface area (TPSA) is 70.3 Å².